The van der Waals surface area contributed by atoms with E-state index < -0.39 is 18.5 Å². The van der Waals surface area contributed by atoms with Gasteiger partial charge in [-0.3, -0.25) is 19.3 Å². The van der Waals surface area contributed by atoms with Crippen molar-refractivity contribution in [3.05, 3.63) is 71.3 Å². The number of ether oxygens (including phenoxy) is 1. The van der Waals surface area contributed by atoms with Crippen LogP contribution in [0.25, 0.3) is 0 Å². The molecule has 0 spiro atoms. The van der Waals surface area contributed by atoms with Gasteiger partial charge in [0.05, 0.1) is 23.1 Å². The van der Waals surface area contributed by atoms with Gasteiger partial charge in [0, 0.05) is 5.69 Å². The number of esters is 1. The summed E-state index contributed by atoms with van der Waals surface area (Å²) in [6.45, 7) is 3.39. The summed E-state index contributed by atoms with van der Waals surface area (Å²) in [5.74, 6) is -1.68. The molecule has 0 radical (unpaired) electrons. The molecule has 1 heterocycles. The van der Waals surface area contributed by atoms with E-state index in [4.69, 9.17) is 4.74 Å². The van der Waals surface area contributed by atoms with Gasteiger partial charge >= 0.3 is 5.97 Å². The molecular weight excluding hydrogens is 420 g/mol. The standard InChI is InChI=1S/C26H24N2O5/c1-14-3-4-15(2)20(11-14)27-21(29)13-33-26(32)16-7-9-19(10-8-16)28-24(30)22-17-5-6-18(12-17)23(22)25(28)31/h3-11,17-18,22-23H,12-13H2,1-2H3,(H,27,29)/t17-,18-,22-,23+/m0/s1. The van der Waals surface area contributed by atoms with Crippen LogP contribution in [0.5, 0.6) is 0 Å². The molecule has 1 N–H and O–H groups in total. The highest BCUT2D eigenvalue weighted by Gasteiger charge is 2.59. The predicted molar refractivity (Wildman–Crippen MR) is 121 cm³/mol. The first-order valence-electron chi connectivity index (χ1n) is 11.0. The fourth-order valence-electron chi connectivity index (χ4n) is 5.17. The molecular formula is C26H24N2O5. The average molecular weight is 444 g/mol. The predicted octanol–water partition coefficient (Wildman–Crippen LogP) is 3.41. The van der Waals surface area contributed by atoms with E-state index in [1.54, 1.807) is 12.1 Å². The zero-order chi connectivity index (χ0) is 23.3. The molecule has 2 aliphatic carbocycles. The Morgan fingerprint density at radius 2 is 1.61 bits per heavy atom. The fourth-order valence-corrected chi connectivity index (χ4v) is 5.17. The summed E-state index contributed by atoms with van der Waals surface area (Å²) in [6.07, 6.45) is 4.98. The van der Waals surface area contributed by atoms with Crippen molar-refractivity contribution in [2.75, 3.05) is 16.8 Å². The molecule has 7 nitrogen and oxygen atoms in total. The summed E-state index contributed by atoms with van der Waals surface area (Å²) in [5.41, 5.74) is 3.28. The Bertz CT molecular complexity index is 1170. The van der Waals surface area contributed by atoms with Gasteiger partial charge < -0.3 is 10.1 Å². The van der Waals surface area contributed by atoms with E-state index in [0.29, 0.717) is 11.4 Å². The highest BCUT2D eigenvalue weighted by molar-refractivity contribution is 6.22. The van der Waals surface area contributed by atoms with Crippen LogP contribution >= 0.6 is 0 Å². The van der Waals surface area contributed by atoms with Crippen LogP contribution in [0.1, 0.15) is 27.9 Å². The molecule has 2 aromatic rings. The molecule has 33 heavy (non-hydrogen) atoms. The van der Waals surface area contributed by atoms with Crippen molar-refractivity contribution in [1.29, 1.82) is 0 Å². The lowest BCUT2D eigenvalue weighted by Crippen LogP contribution is -2.32. The largest absolute Gasteiger partial charge is 0.452 e. The quantitative estimate of drug-likeness (QED) is 0.433. The number of fused-ring (bicyclic) bond motifs is 5. The van der Waals surface area contributed by atoms with Crippen LogP contribution < -0.4 is 10.2 Å². The number of hydrogen-bond donors (Lipinski definition) is 1. The van der Waals surface area contributed by atoms with Gasteiger partial charge in [0.25, 0.3) is 5.91 Å². The van der Waals surface area contributed by atoms with Gasteiger partial charge in [-0.2, -0.15) is 0 Å². The molecule has 168 valence electrons. The second-order valence-corrected chi connectivity index (χ2v) is 9.00. The Labute approximate surface area is 191 Å². The second-order valence-electron chi connectivity index (χ2n) is 9.00. The lowest BCUT2D eigenvalue weighted by Gasteiger charge is -2.17. The minimum atomic E-state index is -0.657. The second kappa shape index (κ2) is 7.99. The van der Waals surface area contributed by atoms with Crippen molar-refractivity contribution in [2.45, 2.75) is 20.3 Å². The maximum absolute atomic E-state index is 12.9. The first-order chi connectivity index (χ1) is 15.8. The number of benzene rings is 2. The van der Waals surface area contributed by atoms with E-state index >= 15 is 0 Å². The van der Waals surface area contributed by atoms with Gasteiger partial charge in [-0.15, -0.1) is 0 Å². The van der Waals surface area contributed by atoms with Crippen LogP contribution in [0.15, 0.2) is 54.6 Å². The van der Waals surface area contributed by atoms with Crippen molar-refractivity contribution in [1.82, 2.24) is 0 Å². The highest BCUT2D eigenvalue weighted by Crippen LogP contribution is 2.53. The number of imide groups is 1. The van der Waals surface area contributed by atoms with E-state index in [9.17, 15) is 19.2 Å². The van der Waals surface area contributed by atoms with Crippen molar-refractivity contribution in [3.63, 3.8) is 0 Å². The first kappa shape index (κ1) is 21.1. The third kappa shape index (κ3) is 3.63. The maximum Gasteiger partial charge on any atom is 0.338 e. The number of carbonyl (C=O) groups is 4. The molecule has 7 heteroatoms. The van der Waals surface area contributed by atoms with Crippen molar-refractivity contribution < 1.29 is 23.9 Å². The number of anilines is 2. The number of hydrogen-bond acceptors (Lipinski definition) is 5. The zero-order valence-electron chi connectivity index (χ0n) is 18.4. The molecule has 1 saturated carbocycles. The highest BCUT2D eigenvalue weighted by atomic mass is 16.5. The van der Waals surface area contributed by atoms with Crippen molar-refractivity contribution >= 4 is 35.1 Å². The SMILES string of the molecule is Cc1ccc(C)c(NC(=O)COC(=O)c2ccc(N3C(=O)[C@@H]4[C@H](C3=O)[C@H]3C=C[C@H]4C3)cc2)c1. The lowest BCUT2D eigenvalue weighted by molar-refractivity contribution is -0.123. The van der Waals surface area contributed by atoms with Crippen molar-refractivity contribution in [2.24, 2.45) is 23.7 Å². The molecule has 1 saturated heterocycles. The molecule has 5 rings (SSSR count). The zero-order valence-corrected chi connectivity index (χ0v) is 18.4. The maximum atomic E-state index is 12.9. The molecule has 2 fully saturated rings. The Morgan fingerprint density at radius 3 is 2.24 bits per heavy atom. The number of rotatable bonds is 5. The number of amides is 3. The molecule has 2 bridgehead atoms. The summed E-state index contributed by atoms with van der Waals surface area (Å²) in [6, 6.07) is 11.8. The Kier molecular flexibility index (Phi) is 5.12. The molecule has 4 atom stereocenters. The van der Waals surface area contributed by atoms with Crippen LogP contribution in [0.3, 0.4) is 0 Å². The molecule has 3 aliphatic rings. The fraction of sp³-hybridized carbons (Fsp3) is 0.308. The Hall–Kier alpha value is -3.74. The smallest absolute Gasteiger partial charge is 0.338 e. The van der Waals surface area contributed by atoms with E-state index in [1.807, 2.05) is 32.0 Å². The van der Waals surface area contributed by atoms with Gasteiger partial charge in [0.1, 0.15) is 0 Å². The van der Waals surface area contributed by atoms with Gasteiger partial charge in [-0.25, -0.2) is 4.79 Å². The molecule has 2 aromatic carbocycles. The van der Waals surface area contributed by atoms with E-state index in [-0.39, 0.29) is 41.0 Å². The summed E-state index contributed by atoms with van der Waals surface area (Å²) in [4.78, 5) is 51.6. The Morgan fingerprint density at radius 1 is 0.970 bits per heavy atom. The van der Waals surface area contributed by atoms with Gasteiger partial charge in [0.2, 0.25) is 11.8 Å². The minimum absolute atomic E-state index is 0.144. The topological polar surface area (TPSA) is 92.8 Å². The van der Waals surface area contributed by atoms with Crippen molar-refractivity contribution in [3.8, 4) is 0 Å². The third-order valence-electron chi connectivity index (χ3n) is 6.83. The summed E-state index contributed by atoms with van der Waals surface area (Å²) >= 11 is 0. The van der Waals surface area contributed by atoms with Crippen LogP contribution in [0, 0.1) is 37.5 Å². The Balaban J connectivity index is 1.21. The minimum Gasteiger partial charge on any atom is -0.452 e. The van der Waals surface area contributed by atoms with Gasteiger partial charge in [-0.1, -0.05) is 24.3 Å². The number of carbonyl (C=O) groups excluding carboxylic acids is 4. The lowest BCUT2D eigenvalue weighted by atomic mass is 9.85. The third-order valence-corrected chi connectivity index (χ3v) is 6.83. The van der Waals surface area contributed by atoms with E-state index in [0.717, 1.165) is 17.5 Å². The van der Waals surface area contributed by atoms with Gasteiger partial charge in [-0.05, 0) is 73.6 Å². The molecule has 1 aliphatic heterocycles. The van der Waals surface area contributed by atoms with E-state index in [1.165, 1.54) is 17.0 Å². The van der Waals surface area contributed by atoms with Crippen LogP contribution in [0.2, 0.25) is 0 Å². The molecule has 0 unspecified atom stereocenters. The number of nitrogens with one attached hydrogen (secondary N) is 1. The number of allylic oxidation sites excluding steroid dienone is 2. The first-order valence-corrected chi connectivity index (χ1v) is 11.0. The number of nitrogens with zero attached hydrogens (tertiary/aromatic N) is 1. The van der Waals surface area contributed by atoms with Crippen LogP contribution in [-0.2, 0) is 19.1 Å². The monoisotopic (exact) mass is 444 g/mol. The summed E-state index contributed by atoms with van der Waals surface area (Å²) < 4.78 is 5.13. The molecule has 3 amide bonds. The normalized spacial score (nSPS) is 24.8. The summed E-state index contributed by atoms with van der Waals surface area (Å²) in [7, 11) is 0. The average Bonchev–Trinajstić information content (AvgIpc) is 3.48. The summed E-state index contributed by atoms with van der Waals surface area (Å²) in [5, 5.41) is 2.74. The van der Waals surface area contributed by atoms with E-state index in [2.05, 4.69) is 17.5 Å². The van der Waals surface area contributed by atoms with Crippen LogP contribution in [-0.4, -0.2) is 30.3 Å². The molecule has 0 aromatic heterocycles. The number of aryl methyl sites for hydroxylation is 2. The van der Waals surface area contributed by atoms with Gasteiger partial charge in [0.15, 0.2) is 6.61 Å². The van der Waals surface area contributed by atoms with Crippen LogP contribution in [0.4, 0.5) is 11.4 Å².